The number of hydrogen-bond donors (Lipinski definition) is 5. The first-order chi connectivity index (χ1) is 22.7. The highest BCUT2D eigenvalue weighted by atomic mass is 16.5. The van der Waals surface area contributed by atoms with E-state index in [0.717, 1.165) is 5.56 Å². The number of Topliss-reactive ketones (excluding diaryl/α,β-unsaturated/α-hetero) is 1. The molecule has 242 valence electrons. The molecule has 11 nitrogen and oxygen atoms in total. The van der Waals surface area contributed by atoms with E-state index in [0.29, 0.717) is 46.7 Å². The van der Waals surface area contributed by atoms with E-state index in [4.69, 9.17) is 14.2 Å². The second-order valence-electron chi connectivity index (χ2n) is 10.8. The van der Waals surface area contributed by atoms with E-state index < -0.39 is 17.9 Å². The molecule has 1 aliphatic rings. The minimum Gasteiger partial charge on any atom is -0.508 e. The van der Waals surface area contributed by atoms with Gasteiger partial charge in [-0.1, -0.05) is 18.2 Å². The van der Waals surface area contributed by atoms with Gasteiger partial charge >= 0.3 is 0 Å². The van der Waals surface area contributed by atoms with E-state index in [-0.39, 0.29) is 41.2 Å². The van der Waals surface area contributed by atoms with Crippen LogP contribution in [0, 0.1) is 0 Å². The normalized spacial score (nSPS) is 15.0. The number of phenolic OH excluding ortho intramolecular Hbond substituents is 3. The number of aromatic hydroxyl groups is 3. The molecule has 0 fully saturated rings. The van der Waals surface area contributed by atoms with Crippen LogP contribution < -0.4 is 24.8 Å². The topological polar surface area (TPSA) is 164 Å². The van der Waals surface area contributed by atoms with Crippen molar-refractivity contribution in [3.05, 3.63) is 113 Å². The summed E-state index contributed by atoms with van der Waals surface area (Å²) >= 11 is 0. The summed E-state index contributed by atoms with van der Waals surface area (Å²) in [5.41, 5.74) is 2.86. The van der Waals surface area contributed by atoms with Crippen molar-refractivity contribution in [3.63, 3.8) is 0 Å². The van der Waals surface area contributed by atoms with Crippen molar-refractivity contribution in [1.82, 2.24) is 10.6 Å². The first kappa shape index (κ1) is 32.4. The highest BCUT2D eigenvalue weighted by Gasteiger charge is 2.43. The minimum absolute atomic E-state index is 0.0165. The van der Waals surface area contributed by atoms with Crippen LogP contribution in [0.25, 0.3) is 6.08 Å². The maximum atomic E-state index is 13.8. The maximum Gasteiger partial charge on any atom is 0.244 e. The van der Waals surface area contributed by atoms with Gasteiger partial charge in [0.15, 0.2) is 28.8 Å². The number of ether oxygens (including phenoxy) is 3. The number of rotatable bonds is 12. The van der Waals surface area contributed by atoms with Crippen molar-refractivity contribution in [1.29, 1.82) is 0 Å². The van der Waals surface area contributed by atoms with Crippen LogP contribution in [0.1, 0.15) is 44.6 Å². The van der Waals surface area contributed by atoms with Crippen LogP contribution in [0.3, 0.4) is 0 Å². The van der Waals surface area contributed by atoms with Crippen molar-refractivity contribution >= 4 is 23.7 Å². The zero-order chi connectivity index (χ0) is 33.5. The summed E-state index contributed by atoms with van der Waals surface area (Å²) in [7, 11) is 2.87. The van der Waals surface area contributed by atoms with Crippen LogP contribution in [0.4, 0.5) is 0 Å². The first-order valence-corrected chi connectivity index (χ1v) is 14.8. The number of nitrogens with one attached hydrogen (secondary N) is 2. The van der Waals surface area contributed by atoms with Crippen LogP contribution in [0.15, 0.2) is 84.9 Å². The Morgan fingerprint density at radius 2 is 1.51 bits per heavy atom. The monoisotopic (exact) mass is 638 g/mol. The summed E-state index contributed by atoms with van der Waals surface area (Å²) in [5, 5.41) is 34.7. The predicted octanol–water partition coefficient (Wildman–Crippen LogP) is 4.41. The van der Waals surface area contributed by atoms with Gasteiger partial charge in [-0.3, -0.25) is 14.4 Å². The van der Waals surface area contributed by atoms with Gasteiger partial charge in [0.25, 0.3) is 0 Å². The average Bonchev–Trinajstić information content (AvgIpc) is 3.47. The van der Waals surface area contributed by atoms with Gasteiger partial charge < -0.3 is 40.2 Å². The fourth-order valence-electron chi connectivity index (χ4n) is 5.27. The molecule has 2 atom stereocenters. The largest absolute Gasteiger partial charge is 0.508 e. The third-order valence-corrected chi connectivity index (χ3v) is 7.71. The molecule has 0 unspecified atom stereocenters. The van der Waals surface area contributed by atoms with E-state index in [1.54, 1.807) is 54.6 Å². The first-order valence-electron chi connectivity index (χ1n) is 14.8. The fraction of sp³-hybridized carbons (Fsp3) is 0.194. The van der Waals surface area contributed by atoms with Gasteiger partial charge in [0.05, 0.1) is 20.8 Å². The molecule has 0 radical (unpaired) electrons. The number of carbonyl (C=O) groups is 3. The molecule has 0 aromatic heterocycles. The number of benzene rings is 4. The zero-order valence-electron chi connectivity index (χ0n) is 25.7. The average molecular weight is 639 g/mol. The quantitative estimate of drug-likeness (QED) is 0.112. The second kappa shape index (κ2) is 14.4. The van der Waals surface area contributed by atoms with E-state index >= 15 is 0 Å². The molecule has 5 rings (SSSR count). The number of amides is 2. The molecule has 4 aromatic rings. The number of hydrogen-bond acceptors (Lipinski definition) is 9. The molecule has 1 aliphatic heterocycles. The molecule has 11 heteroatoms. The van der Waals surface area contributed by atoms with Gasteiger partial charge in [0, 0.05) is 23.7 Å². The Labute approximate surface area is 271 Å². The molecule has 0 aliphatic carbocycles. The molecule has 47 heavy (non-hydrogen) atoms. The van der Waals surface area contributed by atoms with Gasteiger partial charge in [-0.05, 0) is 89.9 Å². The summed E-state index contributed by atoms with van der Waals surface area (Å²) < 4.78 is 17.2. The minimum atomic E-state index is -0.951. The number of methoxy groups -OCH3 is 2. The van der Waals surface area contributed by atoms with Crippen LogP contribution in [-0.4, -0.2) is 60.2 Å². The number of phenols is 3. The summed E-state index contributed by atoms with van der Waals surface area (Å²) in [6.45, 7) is 0.0836. The fourth-order valence-corrected chi connectivity index (χ4v) is 5.27. The predicted molar refractivity (Wildman–Crippen MR) is 173 cm³/mol. The molecule has 0 saturated carbocycles. The van der Waals surface area contributed by atoms with E-state index in [1.807, 2.05) is 0 Å². The van der Waals surface area contributed by atoms with Gasteiger partial charge in [0.2, 0.25) is 11.8 Å². The molecular formula is C36H34N2O9. The number of fused-ring (bicyclic) bond motifs is 1. The van der Waals surface area contributed by atoms with Crippen LogP contribution >= 0.6 is 0 Å². The molecule has 2 amide bonds. The molecule has 4 aromatic carbocycles. The summed E-state index contributed by atoms with van der Waals surface area (Å²) in [5.74, 6) is -1.17. The SMILES string of the molecule is COc1cc([C@@H]2Oc3c(OC)cc(/C=C/C(=O)NCCc4ccc(O)cc4)cc3[C@@H]2C(=O)NCC(=O)c2ccc(O)cc2)ccc1O. The Morgan fingerprint density at radius 1 is 0.830 bits per heavy atom. The van der Waals surface area contributed by atoms with Crippen molar-refractivity contribution in [3.8, 4) is 34.5 Å². The van der Waals surface area contributed by atoms with Crippen LogP contribution in [-0.2, 0) is 16.0 Å². The third-order valence-electron chi connectivity index (χ3n) is 7.71. The lowest BCUT2D eigenvalue weighted by atomic mass is 9.89. The molecular weight excluding hydrogens is 604 g/mol. The van der Waals surface area contributed by atoms with Crippen molar-refractivity contribution in [2.75, 3.05) is 27.3 Å². The van der Waals surface area contributed by atoms with Gasteiger partial charge in [-0.2, -0.15) is 0 Å². The summed E-state index contributed by atoms with van der Waals surface area (Å²) in [6.07, 6.45) is 2.68. The Hall–Kier alpha value is -5.97. The van der Waals surface area contributed by atoms with Crippen molar-refractivity contribution in [2.24, 2.45) is 0 Å². The Kier molecular flexibility index (Phi) is 9.95. The lowest BCUT2D eigenvalue weighted by Crippen LogP contribution is -2.35. The smallest absolute Gasteiger partial charge is 0.244 e. The van der Waals surface area contributed by atoms with Crippen molar-refractivity contribution < 1.29 is 43.9 Å². The van der Waals surface area contributed by atoms with Gasteiger partial charge in [-0.15, -0.1) is 0 Å². The van der Waals surface area contributed by atoms with Gasteiger partial charge in [0.1, 0.15) is 23.5 Å². The molecule has 0 spiro atoms. The van der Waals surface area contributed by atoms with E-state index in [9.17, 15) is 29.7 Å². The lowest BCUT2D eigenvalue weighted by molar-refractivity contribution is -0.123. The standard InChI is InChI=1S/C36H34N2O9/c1-45-30-19-24(8-13-28(30)41)34-33(36(44)38-20-29(42)23-6-11-26(40)12-7-23)27-17-22(18-31(46-2)35(27)47-34)5-14-32(43)37-16-15-21-3-9-25(39)10-4-21/h3-14,17-19,33-34,39-41H,15-16,20H2,1-2H3,(H,37,43)(H,38,44)/b14-5+/t33-,34-/m0/s1. The van der Waals surface area contributed by atoms with E-state index in [2.05, 4.69) is 10.6 Å². The van der Waals surface area contributed by atoms with Crippen molar-refractivity contribution in [2.45, 2.75) is 18.4 Å². The maximum absolute atomic E-state index is 13.8. The van der Waals surface area contributed by atoms with Gasteiger partial charge in [-0.25, -0.2) is 0 Å². The Bertz CT molecular complexity index is 1800. The second-order valence-corrected chi connectivity index (χ2v) is 10.8. The highest BCUT2D eigenvalue weighted by molar-refractivity contribution is 6.00. The highest BCUT2D eigenvalue weighted by Crippen LogP contribution is 2.51. The van der Waals surface area contributed by atoms with Crippen LogP contribution in [0.2, 0.25) is 0 Å². The molecule has 0 bridgehead atoms. The number of carbonyl (C=O) groups excluding carboxylic acids is 3. The summed E-state index contributed by atoms with van der Waals surface area (Å²) in [6, 6.07) is 20.5. The lowest BCUT2D eigenvalue weighted by Gasteiger charge is -2.20. The van der Waals surface area contributed by atoms with E-state index in [1.165, 1.54) is 50.6 Å². The molecule has 1 heterocycles. The Balaban J connectivity index is 1.39. The Morgan fingerprint density at radius 3 is 2.19 bits per heavy atom. The zero-order valence-corrected chi connectivity index (χ0v) is 25.7. The molecule has 0 saturated heterocycles. The third kappa shape index (κ3) is 7.64. The molecule has 5 N–H and O–H groups in total. The summed E-state index contributed by atoms with van der Waals surface area (Å²) in [4.78, 5) is 39.2. The number of ketones is 1. The van der Waals surface area contributed by atoms with Crippen LogP contribution in [0.5, 0.6) is 34.5 Å².